The highest BCUT2D eigenvalue weighted by molar-refractivity contribution is 7.89. The Labute approximate surface area is 155 Å². The predicted molar refractivity (Wildman–Crippen MR) is 103 cm³/mol. The van der Waals surface area contributed by atoms with Crippen molar-refractivity contribution in [3.8, 4) is 0 Å². The molecule has 2 aromatic carbocycles. The Morgan fingerprint density at radius 1 is 1.04 bits per heavy atom. The number of carbonyl (C=O) groups is 1. The van der Waals surface area contributed by atoms with Gasteiger partial charge in [-0.25, -0.2) is 8.42 Å². The first kappa shape index (κ1) is 18.6. The van der Waals surface area contributed by atoms with Crippen LogP contribution in [0.25, 0.3) is 0 Å². The second-order valence-electron chi connectivity index (χ2n) is 6.64. The maximum absolute atomic E-state index is 12.6. The number of carbonyl (C=O) groups excluding carboxylic acids is 1. The lowest BCUT2D eigenvalue weighted by molar-refractivity contribution is 0.101. The van der Waals surface area contributed by atoms with Crippen molar-refractivity contribution < 1.29 is 13.2 Å². The van der Waals surface area contributed by atoms with Gasteiger partial charge in [0.25, 0.3) is 0 Å². The lowest BCUT2D eigenvalue weighted by Crippen LogP contribution is -2.35. The summed E-state index contributed by atoms with van der Waals surface area (Å²) in [6.45, 7) is 3.31. The van der Waals surface area contributed by atoms with Crippen molar-refractivity contribution in [2.45, 2.75) is 31.1 Å². The van der Waals surface area contributed by atoms with Gasteiger partial charge in [0.15, 0.2) is 5.78 Å². The molecule has 6 heteroatoms. The van der Waals surface area contributed by atoms with Gasteiger partial charge in [-0.2, -0.15) is 4.31 Å². The zero-order valence-corrected chi connectivity index (χ0v) is 15.8. The molecule has 1 heterocycles. The van der Waals surface area contributed by atoms with E-state index in [1.54, 1.807) is 12.1 Å². The number of hydrogen-bond acceptors (Lipinski definition) is 4. The summed E-state index contributed by atoms with van der Waals surface area (Å²) >= 11 is 0. The number of nitrogens with zero attached hydrogens (tertiary/aromatic N) is 1. The molecule has 0 amide bonds. The maximum Gasteiger partial charge on any atom is 0.243 e. The summed E-state index contributed by atoms with van der Waals surface area (Å²) in [6, 6.07) is 14.1. The number of piperidine rings is 1. The SMILES string of the molecule is Cc1cccc(NCC(=O)c2ccc(S(=O)(=O)N3CCCCC3)cc2)c1. The number of Topliss-reactive ketones (excluding diaryl/α,β-unsaturated/α-hetero) is 1. The molecule has 1 aliphatic rings. The predicted octanol–water partition coefficient (Wildman–Crippen LogP) is 3.46. The monoisotopic (exact) mass is 372 g/mol. The number of rotatable bonds is 6. The minimum Gasteiger partial charge on any atom is -0.378 e. The van der Waals surface area contributed by atoms with Crippen molar-refractivity contribution >= 4 is 21.5 Å². The van der Waals surface area contributed by atoms with Gasteiger partial charge in [0.05, 0.1) is 11.4 Å². The third-order valence-corrected chi connectivity index (χ3v) is 6.51. The molecule has 0 saturated carbocycles. The molecule has 1 saturated heterocycles. The van der Waals surface area contributed by atoms with E-state index in [2.05, 4.69) is 5.32 Å². The highest BCUT2D eigenvalue weighted by Gasteiger charge is 2.25. The Morgan fingerprint density at radius 2 is 1.73 bits per heavy atom. The summed E-state index contributed by atoms with van der Waals surface area (Å²) in [5, 5.41) is 3.10. The molecule has 0 aliphatic carbocycles. The Kier molecular flexibility index (Phi) is 5.74. The van der Waals surface area contributed by atoms with E-state index >= 15 is 0 Å². The van der Waals surface area contributed by atoms with Crippen LogP contribution in [0.3, 0.4) is 0 Å². The molecule has 3 rings (SSSR count). The van der Waals surface area contributed by atoms with Gasteiger partial charge in [-0.15, -0.1) is 0 Å². The van der Waals surface area contributed by atoms with Crippen molar-refractivity contribution in [3.05, 3.63) is 59.7 Å². The van der Waals surface area contributed by atoms with Crippen molar-refractivity contribution in [2.75, 3.05) is 25.0 Å². The lowest BCUT2D eigenvalue weighted by atomic mass is 10.1. The quantitative estimate of drug-likeness (QED) is 0.789. The van der Waals surface area contributed by atoms with E-state index in [1.165, 1.54) is 16.4 Å². The molecule has 2 aromatic rings. The highest BCUT2D eigenvalue weighted by atomic mass is 32.2. The number of anilines is 1. The van der Waals surface area contributed by atoms with Crippen molar-refractivity contribution in [1.29, 1.82) is 0 Å². The van der Waals surface area contributed by atoms with E-state index in [9.17, 15) is 13.2 Å². The van der Waals surface area contributed by atoms with Crippen LogP contribution in [0.1, 0.15) is 35.2 Å². The van der Waals surface area contributed by atoms with Crippen molar-refractivity contribution in [1.82, 2.24) is 4.31 Å². The Balaban J connectivity index is 1.65. The molecule has 0 unspecified atom stereocenters. The largest absolute Gasteiger partial charge is 0.378 e. The number of benzene rings is 2. The van der Waals surface area contributed by atoms with E-state index < -0.39 is 10.0 Å². The average molecular weight is 372 g/mol. The lowest BCUT2D eigenvalue weighted by Gasteiger charge is -2.25. The van der Waals surface area contributed by atoms with Crippen molar-refractivity contribution in [3.63, 3.8) is 0 Å². The molecular weight excluding hydrogens is 348 g/mol. The summed E-state index contributed by atoms with van der Waals surface area (Å²) in [5.74, 6) is -0.0755. The molecule has 138 valence electrons. The van der Waals surface area contributed by atoms with E-state index in [1.807, 2.05) is 31.2 Å². The van der Waals surface area contributed by atoms with Crippen LogP contribution in [0.15, 0.2) is 53.4 Å². The Morgan fingerprint density at radius 3 is 2.38 bits per heavy atom. The van der Waals surface area contributed by atoms with Crippen LogP contribution in [-0.2, 0) is 10.0 Å². The first-order valence-corrected chi connectivity index (χ1v) is 10.3. The Bertz CT molecular complexity index is 870. The number of ketones is 1. The van der Waals surface area contributed by atoms with Crippen LogP contribution in [0, 0.1) is 6.92 Å². The van der Waals surface area contributed by atoms with Crippen LogP contribution >= 0.6 is 0 Å². The van der Waals surface area contributed by atoms with Crippen LogP contribution in [0.4, 0.5) is 5.69 Å². The Hall–Kier alpha value is -2.18. The first-order valence-electron chi connectivity index (χ1n) is 8.91. The molecule has 0 bridgehead atoms. The molecule has 26 heavy (non-hydrogen) atoms. The standard InChI is InChI=1S/C20H24N2O3S/c1-16-6-5-7-18(14-16)21-15-20(23)17-8-10-19(11-9-17)26(24,25)22-12-3-2-4-13-22/h5-11,14,21H,2-4,12-13,15H2,1H3. The van der Waals surface area contributed by atoms with Gasteiger partial charge in [-0.3, -0.25) is 4.79 Å². The highest BCUT2D eigenvalue weighted by Crippen LogP contribution is 2.21. The molecule has 0 atom stereocenters. The topological polar surface area (TPSA) is 66.5 Å². The summed E-state index contributed by atoms with van der Waals surface area (Å²) < 4.78 is 26.8. The van der Waals surface area contributed by atoms with E-state index in [0.29, 0.717) is 18.7 Å². The van der Waals surface area contributed by atoms with Crippen LogP contribution in [0.2, 0.25) is 0 Å². The van der Waals surface area contributed by atoms with Gasteiger partial charge in [0.1, 0.15) is 0 Å². The zero-order chi connectivity index (χ0) is 18.6. The number of nitrogens with one attached hydrogen (secondary N) is 1. The summed E-state index contributed by atoms with van der Waals surface area (Å²) in [7, 11) is -3.46. The molecule has 1 N–H and O–H groups in total. The number of sulfonamides is 1. The molecule has 5 nitrogen and oxygen atoms in total. The molecule has 0 radical (unpaired) electrons. The minimum atomic E-state index is -3.46. The third-order valence-electron chi connectivity index (χ3n) is 4.60. The zero-order valence-electron chi connectivity index (χ0n) is 14.9. The smallest absolute Gasteiger partial charge is 0.243 e. The number of hydrogen-bond donors (Lipinski definition) is 1. The summed E-state index contributed by atoms with van der Waals surface area (Å²) in [6.07, 6.45) is 2.88. The molecule has 0 aromatic heterocycles. The summed E-state index contributed by atoms with van der Waals surface area (Å²) in [4.78, 5) is 12.6. The molecule has 1 aliphatic heterocycles. The van der Waals surface area contributed by atoms with E-state index in [4.69, 9.17) is 0 Å². The second-order valence-corrected chi connectivity index (χ2v) is 8.57. The first-order chi connectivity index (χ1) is 12.5. The fraction of sp³-hybridized carbons (Fsp3) is 0.350. The van der Waals surface area contributed by atoms with Gasteiger partial charge in [0, 0.05) is 24.3 Å². The van der Waals surface area contributed by atoms with Gasteiger partial charge in [0.2, 0.25) is 10.0 Å². The number of aryl methyl sites for hydroxylation is 1. The normalized spacial score (nSPS) is 15.6. The average Bonchev–Trinajstić information content (AvgIpc) is 2.67. The third kappa shape index (κ3) is 4.31. The van der Waals surface area contributed by atoms with Gasteiger partial charge in [-0.05, 0) is 61.7 Å². The van der Waals surface area contributed by atoms with Crippen LogP contribution in [-0.4, -0.2) is 38.1 Å². The minimum absolute atomic E-state index is 0.0755. The fourth-order valence-corrected chi connectivity index (χ4v) is 4.62. The van der Waals surface area contributed by atoms with Gasteiger partial charge < -0.3 is 5.32 Å². The van der Waals surface area contributed by atoms with E-state index in [-0.39, 0.29) is 17.2 Å². The van der Waals surface area contributed by atoms with Crippen LogP contribution < -0.4 is 5.32 Å². The molecule has 0 spiro atoms. The fourth-order valence-electron chi connectivity index (χ4n) is 3.11. The second kappa shape index (κ2) is 8.01. The maximum atomic E-state index is 12.6. The molecule has 1 fully saturated rings. The summed E-state index contributed by atoms with van der Waals surface area (Å²) in [5.41, 5.74) is 2.51. The van der Waals surface area contributed by atoms with Crippen molar-refractivity contribution in [2.24, 2.45) is 0 Å². The van der Waals surface area contributed by atoms with Gasteiger partial charge >= 0.3 is 0 Å². The van der Waals surface area contributed by atoms with E-state index in [0.717, 1.165) is 30.5 Å². The molecular formula is C20H24N2O3S. The van der Waals surface area contributed by atoms with Gasteiger partial charge in [-0.1, -0.05) is 18.6 Å². The van der Waals surface area contributed by atoms with Crippen LogP contribution in [0.5, 0.6) is 0 Å².